The van der Waals surface area contributed by atoms with E-state index >= 15 is 0 Å². The molecule has 6 nitrogen and oxygen atoms in total. The van der Waals surface area contributed by atoms with Gasteiger partial charge in [-0.15, -0.1) is 0 Å². The zero-order valence-corrected chi connectivity index (χ0v) is 18.6. The Hall–Kier alpha value is -4.41. The number of hydrogen-bond acceptors (Lipinski definition) is 5. The Morgan fingerprint density at radius 1 is 0.889 bits per heavy atom. The van der Waals surface area contributed by atoms with Crippen LogP contribution in [0.2, 0.25) is 0 Å². The highest BCUT2D eigenvalue weighted by molar-refractivity contribution is 5.96. The number of carbonyl (C=O) groups is 1. The van der Waals surface area contributed by atoms with Crippen LogP contribution in [0.15, 0.2) is 57.7 Å². The molecule has 0 spiro atoms. The Kier molecular flexibility index (Phi) is 6.65. The van der Waals surface area contributed by atoms with Crippen LogP contribution in [0.5, 0.6) is 11.5 Å². The molecule has 1 heterocycles. The van der Waals surface area contributed by atoms with E-state index in [-0.39, 0.29) is 27.8 Å². The maximum atomic E-state index is 13.9. The topological polar surface area (TPSA) is 77.8 Å². The standard InChI is InChI=1S/C25H16F5NO5/c1-11(35-24-22(29)20(27)19(26)21(28)23(24)30)25(33)31-13-5-8-15-16(32)10-17(36-18(15)9-13)12-3-6-14(34-2)7-4-12/h3-11H,1-2H3,(H,31,33). The Morgan fingerprint density at radius 2 is 1.50 bits per heavy atom. The number of nitrogens with one attached hydrogen (secondary N) is 1. The molecule has 11 heteroatoms. The molecule has 1 amide bonds. The third-order valence-electron chi connectivity index (χ3n) is 5.20. The van der Waals surface area contributed by atoms with E-state index in [0.717, 1.165) is 6.92 Å². The van der Waals surface area contributed by atoms with E-state index in [0.29, 0.717) is 11.3 Å². The maximum absolute atomic E-state index is 13.9. The van der Waals surface area contributed by atoms with Crippen molar-refractivity contribution >= 4 is 22.6 Å². The molecule has 0 aliphatic carbocycles. The summed E-state index contributed by atoms with van der Waals surface area (Å²) in [5.41, 5.74) is 0.492. The molecule has 0 saturated carbocycles. The van der Waals surface area contributed by atoms with Gasteiger partial charge in [-0.3, -0.25) is 9.59 Å². The van der Waals surface area contributed by atoms with Crippen molar-refractivity contribution in [2.24, 2.45) is 0 Å². The largest absolute Gasteiger partial charge is 0.497 e. The minimum absolute atomic E-state index is 0.121. The quantitative estimate of drug-likeness (QED) is 0.211. The Bertz CT molecular complexity index is 1510. The van der Waals surface area contributed by atoms with Crippen LogP contribution in [-0.2, 0) is 4.79 Å². The molecule has 0 saturated heterocycles. The minimum atomic E-state index is -2.35. The lowest BCUT2D eigenvalue weighted by Crippen LogP contribution is -2.31. The van der Waals surface area contributed by atoms with Crippen molar-refractivity contribution in [2.75, 3.05) is 12.4 Å². The molecule has 1 unspecified atom stereocenters. The van der Waals surface area contributed by atoms with Gasteiger partial charge in [0.1, 0.15) is 17.1 Å². The number of amides is 1. The van der Waals surface area contributed by atoms with Crippen molar-refractivity contribution < 1.29 is 40.6 Å². The first-order chi connectivity index (χ1) is 17.1. The minimum Gasteiger partial charge on any atom is -0.497 e. The van der Waals surface area contributed by atoms with Crippen LogP contribution in [0.1, 0.15) is 6.92 Å². The summed E-state index contributed by atoms with van der Waals surface area (Å²) in [6, 6.07) is 12.2. The van der Waals surface area contributed by atoms with Gasteiger partial charge < -0.3 is 19.2 Å². The van der Waals surface area contributed by atoms with Gasteiger partial charge in [0, 0.05) is 23.4 Å². The fraction of sp³-hybridized carbons (Fsp3) is 0.120. The van der Waals surface area contributed by atoms with E-state index in [1.165, 1.54) is 31.4 Å². The Labute approximate surface area is 199 Å². The molecule has 4 aromatic rings. The average Bonchev–Trinajstić information content (AvgIpc) is 2.88. The van der Waals surface area contributed by atoms with Gasteiger partial charge in [-0.2, -0.15) is 8.78 Å². The van der Waals surface area contributed by atoms with Gasteiger partial charge in [0.15, 0.2) is 17.3 Å². The Balaban J connectivity index is 1.58. The number of anilines is 1. The van der Waals surface area contributed by atoms with Gasteiger partial charge in [0.25, 0.3) is 5.91 Å². The lowest BCUT2D eigenvalue weighted by atomic mass is 10.1. The molecule has 4 rings (SSSR count). The fourth-order valence-corrected chi connectivity index (χ4v) is 3.29. The highest BCUT2D eigenvalue weighted by atomic mass is 19.2. The fourth-order valence-electron chi connectivity index (χ4n) is 3.29. The maximum Gasteiger partial charge on any atom is 0.265 e. The van der Waals surface area contributed by atoms with E-state index in [1.54, 1.807) is 24.3 Å². The molecule has 0 bridgehead atoms. The number of carbonyl (C=O) groups excluding carboxylic acids is 1. The zero-order chi connectivity index (χ0) is 26.1. The zero-order valence-electron chi connectivity index (χ0n) is 18.6. The SMILES string of the molecule is COc1ccc(-c2cc(=O)c3ccc(NC(=O)C(C)Oc4c(F)c(F)c(F)c(F)c4F)cc3o2)cc1. The molecule has 36 heavy (non-hydrogen) atoms. The number of ether oxygens (including phenoxy) is 2. The van der Waals surface area contributed by atoms with Crippen molar-refractivity contribution in [1.29, 1.82) is 0 Å². The second-order valence-electron chi connectivity index (χ2n) is 7.56. The number of benzene rings is 3. The summed E-state index contributed by atoms with van der Waals surface area (Å²) >= 11 is 0. The molecule has 1 atom stereocenters. The second-order valence-corrected chi connectivity index (χ2v) is 7.56. The van der Waals surface area contributed by atoms with E-state index in [4.69, 9.17) is 13.9 Å². The highest BCUT2D eigenvalue weighted by Gasteiger charge is 2.29. The molecule has 0 radical (unpaired) electrons. The molecular formula is C25H16F5NO5. The number of methoxy groups -OCH3 is 1. The predicted molar refractivity (Wildman–Crippen MR) is 119 cm³/mol. The monoisotopic (exact) mass is 505 g/mol. The second kappa shape index (κ2) is 9.68. The molecular weight excluding hydrogens is 489 g/mol. The van der Waals surface area contributed by atoms with E-state index in [9.17, 15) is 31.5 Å². The van der Waals surface area contributed by atoms with Gasteiger partial charge in [0.2, 0.25) is 29.1 Å². The summed E-state index contributed by atoms with van der Waals surface area (Å²) in [6.07, 6.45) is -1.66. The number of rotatable bonds is 6. The lowest BCUT2D eigenvalue weighted by Gasteiger charge is -2.16. The predicted octanol–water partition coefficient (Wildman–Crippen LogP) is 5.57. The van der Waals surface area contributed by atoms with Gasteiger partial charge in [-0.05, 0) is 43.3 Å². The summed E-state index contributed by atoms with van der Waals surface area (Å²) in [7, 11) is 1.51. The van der Waals surface area contributed by atoms with Crippen molar-refractivity contribution in [3.63, 3.8) is 0 Å². The molecule has 0 aliphatic rings. The molecule has 0 fully saturated rings. The molecule has 3 aromatic carbocycles. The summed E-state index contributed by atoms with van der Waals surface area (Å²) in [5.74, 6) is -12.8. The van der Waals surface area contributed by atoms with Crippen molar-refractivity contribution in [3.8, 4) is 22.8 Å². The summed E-state index contributed by atoms with van der Waals surface area (Å²) in [6.45, 7) is 1.05. The summed E-state index contributed by atoms with van der Waals surface area (Å²) < 4.78 is 83.4. The molecule has 1 N–H and O–H groups in total. The van der Waals surface area contributed by atoms with Gasteiger partial charge in [-0.25, -0.2) is 13.2 Å². The van der Waals surface area contributed by atoms with Gasteiger partial charge in [0.05, 0.1) is 12.5 Å². The van der Waals surface area contributed by atoms with Gasteiger partial charge >= 0.3 is 0 Å². The van der Waals surface area contributed by atoms with Crippen molar-refractivity contribution in [1.82, 2.24) is 0 Å². The van der Waals surface area contributed by atoms with Crippen LogP contribution >= 0.6 is 0 Å². The molecule has 0 aliphatic heterocycles. The average molecular weight is 505 g/mol. The van der Waals surface area contributed by atoms with Crippen LogP contribution in [0.25, 0.3) is 22.3 Å². The smallest absolute Gasteiger partial charge is 0.265 e. The first-order valence-corrected chi connectivity index (χ1v) is 10.3. The summed E-state index contributed by atoms with van der Waals surface area (Å²) in [5, 5.41) is 2.60. The van der Waals surface area contributed by atoms with E-state index in [1.807, 2.05) is 0 Å². The lowest BCUT2D eigenvalue weighted by molar-refractivity contribution is -0.122. The van der Waals surface area contributed by atoms with Gasteiger partial charge in [-0.1, -0.05) is 0 Å². The Morgan fingerprint density at radius 3 is 2.11 bits per heavy atom. The third kappa shape index (κ3) is 4.59. The van der Waals surface area contributed by atoms with Crippen LogP contribution in [0.3, 0.4) is 0 Å². The van der Waals surface area contributed by atoms with Crippen molar-refractivity contribution in [3.05, 3.63) is 87.8 Å². The van der Waals surface area contributed by atoms with Crippen molar-refractivity contribution in [2.45, 2.75) is 13.0 Å². The normalized spacial score (nSPS) is 11.9. The molecule has 186 valence electrons. The first kappa shape index (κ1) is 24.7. The first-order valence-electron chi connectivity index (χ1n) is 10.3. The third-order valence-corrected chi connectivity index (χ3v) is 5.20. The van der Waals surface area contributed by atoms with Crippen LogP contribution in [-0.4, -0.2) is 19.1 Å². The molecule has 1 aromatic heterocycles. The highest BCUT2D eigenvalue weighted by Crippen LogP contribution is 2.30. The van der Waals surface area contributed by atoms with Crippen LogP contribution < -0.4 is 20.2 Å². The number of hydrogen-bond donors (Lipinski definition) is 1. The number of fused-ring (bicyclic) bond motifs is 1. The van der Waals surface area contributed by atoms with Crippen LogP contribution in [0.4, 0.5) is 27.6 Å². The van der Waals surface area contributed by atoms with E-state index < -0.39 is 46.8 Å². The summed E-state index contributed by atoms with van der Waals surface area (Å²) in [4.78, 5) is 25.0. The van der Waals surface area contributed by atoms with E-state index in [2.05, 4.69) is 5.32 Å². The van der Waals surface area contributed by atoms with Crippen LogP contribution in [0, 0.1) is 29.1 Å². The number of halogens is 5.